The normalized spacial score (nSPS) is 26.0. The number of imide groups is 1. The minimum atomic E-state index is -0.721. The fourth-order valence-electron chi connectivity index (χ4n) is 5.52. The van der Waals surface area contributed by atoms with E-state index in [4.69, 9.17) is 4.74 Å². The molecule has 164 valence electrons. The zero-order valence-electron chi connectivity index (χ0n) is 18.2. The Balaban J connectivity index is 1.61. The molecule has 0 bridgehead atoms. The predicted molar refractivity (Wildman–Crippen MR) is 121 cm³/mol. The first-order valence-corrected chi connectivity index (χ1v) is 11.0. The van der Waals surface area contributed by atoms with Gasteiger partial charge in [-0.3, -0.25) is 19.3 Å². The van der Waals surface area contributed by atoms with Crippen LogP contribution >= 0.6 is 0 Å². The van der Waals surface area contributed by atoms with Crippen molar-refractivity contribution >= 4 is 28.9 Å². The second kappa shape index (κ2) is 8.02. The van der Waals surface area contributed by atoms with Crippen molar-refractivity contribution in [3.63, 3.8) is 0 Å². The lowest BCUT2D eigenvalue weighted by Gasteiger charge is -2.38. The number of benzene rings is 2. The van der Waals surface area contributed by atoms with Crippen molar-refractivity contribution in [1.29, 1.82) is 0 Å². The Bertz CT molecular complexity index is 1110. The zero-order valence-corrected chi connectivity index (χ0v) is 18.2. The van der Waals surface area contributed by atoms with E-state index >= 15 is 0 Å². The van der Waals surface area contributed by atoms with Crippen molar-refractivity contribution in [2.45, 2.75) is 25.4 Å². The molecule has 0 aromatic heterocycles. The zero-order chi connectivity index (χ0) is 22.4. The summed E-state index contributed by atoms with van der Waals surface area (Å²) in [6.45, 7) is 2.81. The number of fused-ring (bicyclic) bond motifs is 5. The van der Waals surface area contributed by atoms with Crippen LogP contribution in [0.3, 0.4) is 0 Å². The van der Waals surface area contributed by atoms with Gasteiger partial charge in [-0.25, -0.2) is 0 Å². The molecule has 2 aromatic carbocycles. The van der Waals surface area contributed by atoms with E-state index in [-0.39, 0.29) is 23.6 Å². The number of anilines is 1. The monoisotopic (exact) mass is 430 g/mol. The number of hydrogen-bond acceptors (Lipinski definition) is 5. The van der Waals surface area contributed by atoms with E-state index in [9.17, 15) is 14.4 Å². The van der Waals surface area contributed by atoms with E-state index in [1.54, 1.807) is 19.2 Å². The number of hydrogen-bond donors (Lipinski definition) is 0. The van der Waals surface area contributed by atoms with Crippen LogP contribution in [-0.4, -0.2) is 54.8 Å². The number of rotatable bonds is 6. The lowest BCUT2D eigenvalue weighted by Crippen LogP contribution is -2.49. The van der Waals surface area contributed by atoms with Crippen molar-refractivity contribution in [2.75, 3.05) is 25.2 Å². The van der Waals surface area contributed by atoms with Crippen LogP contribution in [0.1, 0.15) is 29.3 Å². The predicted octanol–water partition coefficient (Wildman–Crippen LogP) is 3.18. The molecule has 6 nitrogen and oxygen atoms in total. The maximum Gasteiger partial charge on any atom is 0.235 e. The minimum absolute atomic E-state index is 0.120. The Labute approximate surface area is 187 Å². The maximum atomic E-state index is 13.8. The second-order valence-electron chi connectivity index (χ2n) is 8.67. The molecule has 2 fully saturated rings. The first-order chi connectivity index (χ1) is 15.5. The number of Topliss-reactive ketones (excluding diaryl/α,β-unsaturated/α-hetero) is 1. The summed E-state index contributed by atoms with van der Waals surface area (Å²) in [7, 11) is 1.60. The van der Waals surface area contributed by atoms with Crippen molar-refractivity contribution in [3.8, 4) is 0 Å². The van der Waals surface area contributed by atoms with E-state index in [0.29, 0.717) is 25.1 Å². The van der Waals surface area contributed by atoms with Crippen LogP contribution in [0, 0.1) is 11.8 Å². The van der Waals surface area contributed by atoms with E-state index in [2.05, 4.69) is 6.08 Å². The fourth-order valence-corrected chi connectivity index (χ4v) is 5.52. The van der Waals surface area contributed by atoms with Gasteiger partial charge < -0.3 is 9.64 Å². The number of likely N-dealkylation sites (tertiary alicyclic amines) is 1. The van der Waals surface area contributed by atoms with Gasteiger partial charge in [0.1, 0.15) is 6.04 Å². The highest BCUT2D eigenvalue weighted by molar-refractivity contribution is 6.14. The van der Waals surface area contributed by atoms with Gasteiger partial charge in [-0.15, -0.1) is 0 Å². The van der Waals surface area contributed by atoms with Gasteiger partial charge in [0, 0.05) is 37.1 Å². The molecule has 0 unspecified atom stereocenters. The Kier molecular flexibility index (Phi) is 5.18. The minimum Gasteiger partial charge on any atom is -0.385 e. The number of ketones is 1. The fraction of sp³-hybridized carbons (Fsp3) is 0.346. The van der Waals surface area contributed by atoms with Gasteiger partial charge in [0.25, 0.3) is 0 Å². The molecule has 3 aliphatic heterocycles. The number of amides is 2. The number of ether oxygens (including phenoxy) is 1. The van der Waals surface area contributed by atoms with Crippen LogP contribution in [0.4, 0.5) is 5.69 Å². The first kappa shape index (κ1) is 20.6. The number of carbonyl (C=O) groups is 3. The lowest BCUT2D eigenvalue weighted by atomic mass is 9.85. The molecular formula is C26H26N2O4. The van der Waals surface area contributed by atoms with Gasteiger partial charge in [-0.05, 0) is 25.0 Å². The van der Waals surface area contributed by atoms with E-state index in [0.717, 1.165) is 16.8 Å². The van der Waals surface area contributed by atoms with Crippen LogP contribution in [0.2, 0.25) is 0 Å². The molecule has 6 heteroatoms. The highest BCUT2D eigenvalue weighted by Crippen LogP contribution is 2.50. The van der Waals surface area contributed by atoms with Gasteiger partial charge in [-0.1, -0.05) is 54.6 Å². The average molecular weight is 431 g/mol. The highest BCUT2D eigenvalue weighted by Gasteiger charge is 2.64. The summed E-state index contributed by atoms with van der Waals surface area (Å²) in [6, 6.07) is 15.9. The van der Waals surface area contributed by atoms with E-state index in [1.165, 1.54) is 4.90 Å². The van der Waals surface area contributed by atoms with E-state index < -0.39 is 17.9 Å². The van der Waals surface area contributed by atoms with E-state index in [1.807, 2.05) is 54.3 Å². The summed E-state index contributed by atoms with van der Waals surface area (Å²) in [5.74, 6) is -1.81. The molecule has 2 saturated heterocycles. The van der Waals surface area contributed by atoms with Crippen LogP contribution in [0.15, 0.2) is 60.7 Å². The molecule has 0 N–H and O–H groups in total. The number of methoxy groups -OCH3 is 1. The summed E-state index contributed by atoms with van der Waals surface area (Å²) in [5, 5.41) is 0. The van der Waals surface area contributed by atoms with Gasteiger partial charge >= 0.3 is 0 Å². The summed E-state index contributed by atoms with van der Waals surface area (Å²) in [6.07, 6.45) is 2.64. The number of carbonyl (C=O) groups excluding carboxylic acids is 3. The summed E-state index contributed by atoms with van der Waals surface area (Å²) in [4.78, 5) is 44.2. The number of para-hydroxylation sites is 1. The Morgan fingerprint density at radius 1 is 0.969 bits per heavy atom. The van der Waals surface area contributed by atoms with Gasteiger partial charge in [0.15, 0.2) is 5.78 Å². The largest absolute Gasteiger partial charge is 0.385 e. The maximum absolute atomic E-state index is 13.8. The molecule has 3 aliphatic rings. The highest BCUT2D eigenvalue weighted by atomic mass is 16.5. The molecule has 2 amide bonds. The molecule has 0 aliphatic carbocycles. The Hall–Kier alpha value is -3.25. The third-order valence-electron chi connectivity index (χ3n) is 6.90. The topological polar surface area (TPSA) is 66.9 Å². The third-order valence-corrected chi connectivity index (χ3v) is 6.90. The average Bonchev–Trinajstić information content (AvgIpc) is 3.28. The number of nitrogens with zero attached hydrogens (tertiary/aromatic N) is 2. The standard InChI is InChI=1S/C26H26N2O4/c1-16-15-20-21-22(26(31)27(25(21)30)13-8-14-32-2)23(24(29)17-9-4-3-5-10-17)28(20)19-12-7-6-11-18(16)19/h3-7,9-12,15,20-23H,8,13-14H2,1-2H3/t20-,21-,22+,23-/m1/s1. The summed E-state index contributed by atoms with van der Waals surface area (Å²) < 4.78 is 5.10. The van der Waals surface area contributed by atoms with Crippen LogP contribution in [-0.2, 0) is 14.3 Å². The van der Waals surface area contributed by atoms with Crippen LogP contribution < -0.4 is 4.90 Å². The van der Waals surface area contributed by atoms with Crippen molar-refractivity contribution in [3.05, 3.63) is 71.8 Å². The molecule has 0 saturated carbocycles. The number of allylic oxidation sites excluding steroid dienone is 1. The Morgan fingerprint density at radius 2 is 1.66 bits per heavy atom. The van der Waals surface area contributed by atoms with Crippen molar-refractivity contribution in [1.82, 2.24) is 4.90 Å². The molecule has 2 aromatic rings. The lowest BCUT2D eigenvalue weighted by molar-refractivity contribution is -0.140. The molecule has 3 heterocycles. The van der Waals surface area contributed by atoms with Gasteiger partial charge in [0.2, 0.25) is 11.8 Å². The first-order valence-electron chi connectivity index (χ1n) is 11.0. The third kappa shape index (κ3) is 3.01. The van der Waals surface area contributed by atoms with Crippen LogP contribution in [0.25, 0.3) is 5.57 Å². The second-order valence-corrected chi connectivity index (χ2v) is 8.67. The van der Waals surface area contributed by atoms with Gasteiger partial charge in [0.05, 0.1) is 17.9 Å². The van der Waals surface area contributed by atoms with Gasteiger partial charge in [-0.2, -0.15) is 0 Å². The molecule has 5 rings (SSSR count). The molecular weight excluding hydrogens is 404 g/mol. The Morgan fingerprint density at radius 3 is 2.41 bits per heavy atom. The molecule has 4 atom stereocenters. The molecule has 0 spiro atoms. The molecule has 0 radical (unpaired) electrons. The smallest absolute Gasteiger partial charge is 0.235 e. The molecule has 32 heavy (non-hydrogen) atoms. The van der Waals surface area contributed by atoms with Crippen molar-refractivity contribution < 1.29 is 19.1 Å². The summed E-state index contributed by atoms with van der Waals surface area (Å²) in [5.41, 5.74) is 3.56. The summed E-state index contributed by atoms with van der Waals surface area (Å²) >= 11 is 0. The SMILES string of the molecule is COCCCN1C(=O)[C@H]2[C@H](C1=O)[C@H](C(=O)c1ccccc1)N1c3ccccc3C(C)=C[C@H]21. The van der Waals surface area contributed by atoms with Crippen LogP contribution in [0.5, 0.6) is 0 Å². The quantitative estimate of drug-likeness (QED) is 0.400. The van der Waals surface area contributed by atoms with Crippen molar-refractivity contribution in [2.24, 2.45) is 11.8 Å².